The summed E-state index contributed by atoms with van der Waals surface area (Å²) in [4.78, 5) is 0. The van der Waals surface area contributed by atoms with E-state index in [0.717, 1.165) is 19.3 Å². The summed E-state index contributed by atoms with van der Waals surface area (Å²) in [5, 5.41) is 0. The minimum absolute atomic E-state index is 1.09. The zero-order valence-corrected chi connectivity index (χ0v) is 6.19. The lowest BCUT2D eigenvalue weighted by Gasteiger charge is -1.95. The zero-order chi connectivity index (χ0) is 7.11. The van der Waals surface area contributed by atoms with Gasteiger partial charge in [-0.15, -0.1) is 0 Å². The molecule has 0 fully saturated rings. The summed E-state index contributed by atoms with van der Waals surface area (Å²) in [7, 11) is 0. The van der Waals surface area contributed by atoms with Gasteiger partial charge in [-0.05, 0) is 26.2 Å². The molecule has 0 aliphatic carbocycles. The van der Waals surface area contributed by atoms with E-state index in [1.54, 1.807) is 0 Å². The van der Waals surface area contributed by atoms with Crippen LogP contribution >= 0.6 is 0 Å². The predicted octanol–water partition coefficient (Wildman–Crippen LogP) is 3.12. The van der Waals surface area contributed by atoms with E-state index in [4.69, 9.17) is 0 Å². The maximum Gasteiger partial charge on any atom is -0.0288 e. The highest BCUT2D eigenvalue weighted by Gasteiger charge is 1.85. The van der Waals surface area contributed by atoms with Gasteiger partial charge in [0, 0.05) is 0 Å². The Morgan fingerprint density at radius 2 is 2.22 bits per heavy atom. The second kappa shape index (κ2) is 5.61. The van der Waals surface area contributed by atoms with Gasteiger partial charge in [0.05, 0.1) is 0 Å². The van der Waals surface area contributed by atoms with Crippen LogP contribution in [0, 0.1) is 6.92 Å². The third kappa shape index (κ3) is 5.35. The first-order valence-corrected chi connectivity index (χ1v) is 3.42. The van der Waals surface area contributed by atoms with E-state index in [9.17, 15) is 0 Å². The quantitative estimate of drug-likeness (QED) is 0.504. The van der Waals surface area contributed by atoms with Crippen molar-refractivity contribution in [2.45, 2.75) is 26.2 Å². The Balaban J connectivity index is 3.17. The van der Waals surface area contributed by atoms with Crippen molar-refractivity contribution in [2.24, 2.45) is 0 Å². The van der Waals surface area contributed by atoms with Crippen molar-refractivity contribution in [1.82, 2.24) is 0 Å². The van der Waals surface area contributed by atoms with Crippen LogP contribution in [0.1, 0.15) is 26.2 Å². The van der Waals surface area contributed by atoms with E-state index in [1.165, 1.54) is 5.57 Å². The van der Waals surface area contributed by atoms with Gasteiger partial charge in [-0.25, -0.2) is 0 Å². The van der Waals surface area contributed by atoms with E-state index in [-0.39, 0.29) is 0 Å². The molecule has 0 unspecified atom stereocenters. The lowest BCUT2D eigenvalue weighted by molar-refractivity contribution is 0.915. The topological polar surface area (TPSA) is 0 Å². The molecule has 0 aromatic rings. The smallest absolute Gasteiger partial charge is 0.0288 e. The van der Waals surface area contributed by atoms with Crippen LogP contribution in [-0.2, 0) is 0 Å². The van der Waals surface area contributed by atoms with Crippen molar-refractivity contribution in [1.29, 1.82) is 0 Å². The Hall–Kier alpha value is -0.520. The van der Waals surface area contributed by atoms with Gasteiger partial charge in [0.1, 0.15) is 0 Å². The second-order valence-electron chi connectivity index (χ2n) is 2.11. The molecule has 51 valence electrons. The normalized spacial score (nSPS) is 10.4. The summed E-state index contributed by atoms with van der Waals surface area (Å²) in [5.74, 6) is 0. The van der Waals surface area contributed by atoms with Crippen molar-refractivity contribution in [3.63, 3.8) is 0 Å². The van der Waals surface area contributed by atoms with E-state index < -0.39 is 0 Å². The molecule has 1 radical (unpaired) electrons. The van der Waals surface area contributed by atoms with Gasteiger partial charge in [0.2, 0.25) is 0 Å². The van der Waals surface area contributed by atoms with E-state index >= 15 is 0 Å². The van der Waals surface area contributed by atoms with Crippen molar-refractivity contribution < 1.29 is 0 Å². The Morgan fingerprint density at radius 3 is 2.67 bits per heavy atom. The molecule has 0 bridgehead atoms. The number of allylic oxidation sites excluding steroid dienone is 3. The van der Waals surface area contributed by atoms with Crippen molar-refractivity contribution in [3.05, 3.63) is 31.2 Å². The molecular weight excluding hydrogens is 108 g/mol. The van der Waals surface area contributed by atoms with E-state index in [0.29, 0.717) is 0 Å². The molecule has 9 heavy (non-hydrogen) atoms. The molecule has 0 aromatic heterocycles. The molecule has 0 atom stereocenters. The highest BCUT2D eigenvalue weighted by Crippen LogP contribution is 2.05. The average molecular weight is 123 g/mol. The van der Waals surface area contributed by atoms with E-state index in [2.05, 4.69) is 26.5 Å². The Bertz CT molecular complexity index is 98.6. The van der Waals surface area contributed by atoms with Crippen LogP contribution in [0.3, 0.4) is 0 Å². The van der Waals surface area contributed by atoms with Crippen LogP contribution in [0.2, 0.25) is 0 Å². The molecule has 0 aromatic carbocycles. The second-order valence-corrected chi connectivity index (χ2v) is 2.11. The lowest BCUT2D eigenvalue weighted by Crippen LogP contribution is -1.75. The monoisotopic (exact) mass is 123 g/mol. The highest BCUT2D eigenvalue weighted by molar-refractivity contribution is 4.96. The van der Waals surface area contributed by atoms with Gasteiger partial charge >= 0.3 is 0 Å². The summed E-state index contributed by atoms with van der Waals surface area (Å²) in [6.45, 7) is 9.62. The molecule has 0 amide bonds. The predicted molar refractivity (Wildman–Crippen MR) is 43.2 cm³/mol. The van der Waals surface area contributed by atoms with Gasteiger partial charge in [-0.3, -0.25) is 0 Å². The summed E-state index contributed by atoms with van der Waals surface area (Å²) >= 11 is 0. The lowest BCUT2D eigenvalue weighted by atomic mass is 10.1. The standard InChI is InChI=1S/C9H15/c1-4-6-7-8-9(3)5-2/h4,6H,1,3,5,7-8H2,2H3. The fourth-order valence-corrected chi connectivity index (χ4v) is 0.582. The highest BCUT2D eigenvalue weighted by atomic mass is 13.9. The SMILES string of the molecule is [CH2]C=CCCC(=C)CC. The zero-order valence-electron chi connectivity index (χ0n) is 6.19. The first-order chi connectivity index (χ1) is 4.31. The third-order valence-corrected chi connectivity index (χ3v) is 1.33. The average Bonchev–Trinajstić information content (AvgIpc) is 1.89. The Labute approximate surface area is 58.3 Å². The van der Waals surface area contributed by atoms with Gasteiger partial charge in [0.15, 0.2) is 0 Å². The molecule has 0 aliphatic heterocycles. The van der Waals surface area contributed by atoms with Crippen LogP contribution in [0.25, 0.3) is 0 Å². The molecule has 0 rings (SSSR count). The Kier molecular flexibility index (Phi) is 5.29. The summed E-state index contributed by atoms with van der Waals surface area (Å²) in [6.07, 6.45) is 7.22. The first-order valence-electron chi connectivity index (χ1n) is 3.42. The number of rotatable bonds is 4. The van der Waals surface area contributed by atoms with E-state index in [1.807, 2.05) is 6.08 Å². The van der Waals surface area contributed by atoms with Gasteiger partial charge in [0.25, 0.3) is 0 Å². The van der Waals surface area contributed by atoms with Crippen LogP contribution < -0.4 is 0 Å². The van der Waals surface area contributed by atoms with Gasteiger partial charge in [-0.2, -0.15) is 0 Å². The Morgan fingerprint density at radius 1 is 1.56 bits per heavy atom. The van der Waals surface area contributed by atoms with Crippen LogP contribution in [0.15, 0.2) is 24.3 Å². The minimum Gasteiger partial charge on any atom is -0.0999 e. The molecule has 0 nitrogen and oxygen atoms in total. The van der Waals surface area contributed by atoms with Crippen LogP contribution in [0.5, 0.6) is 0 Å². The van der Waals surface area contributed by atoms with Crippen LogP contribution in [-0.4, -0.2) is 0 Å². The number of hydrogen-bond donors (Lipinski definition) is 0. The fourth-order valence-electron chi connectivity index (χ4n) is 0.582. The maximum atomic E-state index is 3.89. The number of hydrogen-bond acceptors (Lipinski definition) is 0. The molecular formula is C9H15. The summed E-state index contributed by atoms with van der Waals surface area (Å²) in [6, 6.07) is 0. The van der Waals surface area contributed by atoms with Crippen molar-refractivity contribution in [3.8, 4) is 0 Å². The van der Waals surface area contributed by atoms with Gasteiger partial charge < -0.3 is 0 Å². The maximum absolute atomic E-state index is 3.89. The van der Waals surface area contributed by atoms with Crippen molar-refractivity contribution in [2.75, 3.05) is 0 Å². The molecule has 0 spiro atoms. The minimum atomic E-state index is 1.09. The first kappa shape index (κ1) is 8.48. The van der Waals surface area contributed by atoms with Crippen molar-refractivity contribution >= 4 is 0 Å². The molecule has 0 saturated heterocycles. The summed E-state index contributed by atoms with van der Waals surface area (Å²) < 4.78 is 0. The molecule has 0 saturated carbocycles. The van der Waals surface area contributed by atoms with Gasteiger partial charge in [-0.1, -0.05) is 31.2 Å². The largest absolute Gasteiger partial charge is 0.0999 e. The molecule has 0 heteroatoms. The molecule has 0 heterocycles. The molecule has 0 aliphatic rings. The van der Waals surface area contributed by atoms with Crippen LogP contribution in [0.4, 0.5) is 0 Å². The fraction of sp³-hybridized carbons (Fsp3) is 0.444. The summed E-state index contributed by atoms with van der Waals surface area (Å²) in [5.41, 5.74) is 1.33. The molecule has 0 N–H and O–H groups in total. The third-order valence-electron chi connectivity index (χ3n) is 1.33.